The molecule has 2 aliphatic heterocycles. The predicted octanol–water partition coefficient (Wildman–Crippen LogP) is 6.38. The molecule has 1 N–H and O–H groups in total. The van der Waals surface area contributed by atoms with Gasteiger partial charge in [-0.25, -0.2) is 4.39 Å². The Labute approximate surface area is 221 Å². The average Bonchev–Trinajstić information content (AvgIpc) is 3.31. The molecule has 0 aromatic heterocycles. The smallest absolute Gasteiger partial charge is 0.283 e. The van der Waals surface area contributed by atoms with Crippen LogP contribution < -0.4 is 9.47 Å². The fourth-order valence-corrected chi connectivity index (χ4v) is 6.05. The van der Waals surface area contributed by atoms with Crippen molar-refractivity contribution < 1.29 is 18.7 Å². The molecule has 1 fully saturated rings. The van der Waals surface area contributed by atoms with E-state index in [0.717, 1.165) is 17.9 Å². The Morgan fingerprint density at radius 1 is 1.25 bits per heavy atom. The van der Waals surface area contributed by atoms with Gasteiger partial charge in [0.25, 0.3) is 5.91 Å². The molecule has 0 spiro atoms. The summed E-state index contributed by atoms with van der Waals surface area (Å²) in [4.78, 5) is 17.1. The maximum absolute atomic E-state index is 14.0. The second kappa shape index (κ2) is 10.6. The third kappa shape index (κ3) is 4.97. The quantitative estimate of drug-likeness (QED) is 0.407. The third-order valence-electron chi connectivity index (χ3n) is 6.32. The molecule has 0 radical (unpaired) electrons. The summed E-state index contributed by atoms with van der Waals surface area (Å²) in [5.41, 5.74) is 1.18. The van der Waals surface area contributed by atoms with Gasteiger partial charge in [0.2, 0.25) is 5.17 Å². The third-order valence-corrected chi connectivity index (χ3v) is 7.98. The molecule has 2 aromatic carbocycles. The number of nitrogens with zero attached hydrogens (tertiary/aromatic N) is 3. The van der Waals surface area contributed by atoms with E-state index in [1.165, 1.54) is 49.2 Å². The van der Waals surface area contributed by atoms with Gasteiger partial charge in [0.1, 0.15) is 17.5 Å². The van der Waals surface area contributed by atoms with Crippen molar-refractivity contribution in [1.29, 1.82) is 5.41 Å². The number of rotatable bonds is 6. The maximum atomic E-state index is 14.0. The molecule has 2 heterocycles. The molecule has 0 unspecified atom stereocenters. The summed E-state index contributed by atoms with van der Waals surface area (Å²) in [5.74, 6) is 0.348. The van der Waals surface area contributed by atoms with Crippen molar-refractivity contribution in [2.24, 2.45) is 16.0 Å². The number of amidine groups is 2. The Morgan fingerprint density at radius 3 is 2.78 bits per heavy atom. The topological polar surface area (TPSA) is 87.3 Å². The van der Waals surface area contributed by atoms with E-state index in [1.54, 1.807) is 36.4 Å². The van der Waals surface area contributed by atoms with Gasteiger partial charge in [0.05, 0.1) is 17.2 Å². The van der Waals surface area contributed by atoms with Crippen molar-refractivity contribution in [2.45, 2.75) is 38.7 Å². The normalized spacial score (nSPS) is 19.3. The molecular formula is C26H24BrFN4O3S. The fourth-order valence-electron chi connectivity index (χ4n) is 4.42. The molecule has 0 saturated heterocycles. The molecule has 2 aromatic rings. The Hall–Kier alpha value is -2.98. The summed E-state index contributed by atoms with van der Waals surface area (Å²) >= 11 is 4.89. The van der Waals surface area contributed by atoms with Crippen molar-refractivity contribution in [3.63, 3.8) is 0 Å². The van der Waals surface area contributed by atoms with Gasteiger partial charge in [-0.1, -0.05) is 37.5 Å². The number of nitrogens with one attached hydrogen (secondary N) is 1. The number of thioether (sulfide) groups is 1. The predicted molar refractivity (Wildman–Crippen MR) is 143 cm³/mol. The minimum absolute atomic E-state index is 0.00159. The molecule has 1 aliphatic carbocycles. The number of ether oxygens (including phenoxy) is 2. The lowest BCUT2D eigenvalue weighted by Crippen LogP contribution is -2.35. The van der Waals surface area contributed by atoms with E-state index in [4.69, 9.17) is 14.9 Å². The Morgan fingerprint density at radius 2 is 2.03 bits per heavy atom. The second-order valence-electron chi connectivity index (χ2n) is 8.71. The van der Waals surface area contributed by atoms with Crippen LogP contribution in [0.25, 0.3) is 6.08 Å². The molecular weight excluding hydrogens is 547 g/mol. The Bertz CT molecular complexity index is 1320. The number of carbonyl (C=O) groups is 1. The number of benzene rings is 2. The molecule has 5 rings (SSSR count). The average molecular weight is 571 g/mol. The molecule has 3 aliphatic rings. The van der Waals surface area contributed by atoms with E-state index >= 15 is 0 Å². The maximum Gasteiger partial charge on any atom is 0.283 e. The molecule has 10 heteroatoms. The van der Waals surface area contributed by atoms with Crippen LogP contribution in [0.1, 0.15) is 43.2 Å². The molecule has 186 valence electrons. The van der Waals surface area contributed by atoms with E-state index in [0.29, 0.717) is 38.2 Å². The summed E-state index contributed by atoms with van der Waals surface area (Å²) in [6.07, 6.45) is 7.35. The summed E-state index contributed by atoms with van der Waals surface area (Å²) in [7, 11) is 1.50. The standard InChI is InChI=1S/C26H24BrFN4O3S/c1-34-21-13-15(12-19(27)22(21)35-14-17-9-5-6-10-20(17)28)11-18-23(29)32-26(30-24(18)33)36-25(31-32)16-7-3-2-4-8-16/h5-6,9-13,16,29H,2-4,7-8,14H2,1H3/b18-11-,29-23?. The highest BCUT2D eigenvalue weighted by atomic mass is 79.9. The number of halogens is 2. The largest absolute Gasteiger partial charge is 0.493 e. The highest BCUT2D eigenvalue weighted by molar-refractivity contribution is 9.10. The van der Waals surface area contributed by atoms with Crippen LogP contribution in [0.2, 0.25) is 0 Å². The lowest BCUT2D eigenvalue weighted by molar-refractivity contribution is -0.114. The van der Waals surface area contributed by atoms with Crippen LogP contribution in [0.5, 0.6) is 11.5 Å². The van der Waals surface area contributed by atoms with E-state index in [-0.39, 0.29) is 23.8 Å². The highest BCUT2D eigenvalue weighted by Gasteiger charge is 2.38. The number of aliphatic imine (C=N–C) groups is 1. The number of carbonyl (C=O) groups excluding carboxylic acids is 1. The van der Waals surface area contributed by atoms with Crippen LogP contribution in [0, 0.1) is 17.1 Å². The van der Waals surface area contributed by atoms with Crippen LogP contribution in [-0.2, 0) is 11.4 Å². The molecule has 1 amide bonds. The fraction of sp³-hybridized carbons (Fsp3) is 0.308. The Kier molecular flexibility index (Phi) is 7.25. The van der Waals surface area contributed by atoms with E-state index < -0.39 is 5.91 Å². The summed E-state index contributed by atoms with van der Waals surface area (Å²) in [6, 6.07) is 9.85. The van der Waals surface area contributed by atoms with Crippen LogP contribution in [0.15, 0.2) is 56.5 Å². The minimum atomic E-state index is -0.478. The van der Waals surface area contributed by atoms with Crippen molar-refractivity contribution in [2.75, 3.05) is 7.11 Å². The lowest BCUT2D eigenvalue weighted by atomic mass is 9.90. The Balaban J connectivity index is 1.39. The monoisotopic (exact) mass is 570 g/mol. The van der Waals surface area contributed by atoms with Crippen molar-refractivity contribution in [1.82, 2.24) is 5.01 Å². The van der Waals surface area contributed by atoms with Crippen molar-refractivity contribution in [3.8, 4) is 11.5 Å². The highest BCUT2D eigenvalue weighted by Crippen LogP contribution is 2.39. The van der Waals surface area contributed by atoms with Gasteiger partial charge in [-0.15, -0.1) is 0 Å². The van der Waals surface area contributed by atoms with E-state index in [2.05, 4.69) is 26.0 Å². The number of methoxy groups -OCH3 is 1. The first-order valence-corrected chi connectivity index (χ1v) is 13.3. The van der Waals surface area contributed by atoms with Gasteiger partial charge in [-0.05, 0) is 70.4 Å². The summed E-state index contributed by atoms with van der Waals surface area (Å²) < 4.78 is 25.9. The van der Waals surface area contributed by atoms with Crippen LogP contribution >= 0.6 is 27.7 Å². The molecule has 0 atom stereocenters. The summed E-state index contributed by atoms with van der Waals surface area (Å²) in [5, 5.41) is 16.2. The van der Waals surface area contributed by atoms with Gasteiger partial charge < -0.3 is 9.47 Å². The zero-order chi connectivity index (χ0) is 25.2. The SMILES string of the molecule is COc1cc(/C=C2/C(=N)N3N=C(C4CCCCC4)SC3=NC2=O)cc(Br)c1OCc1ccccc1F. The first-order valence-electron chi connectivity index (χ1n) is 11.7. The number of hydrogen-bond acceptors (Lipinski definition) is 6. The van der Waals surface area contributed by atoms with Crippen LogP contribution in [-0.4, -0.2) is 34.1 Å². The molecule has 7 nitrogen and oxygen atoms in total. The van der Waals surface area contributed by atoms with Gasteiger partial charge >= 0.3 is 0 Å². The van der Waals surface area contributed by atoms with Crippen LogP contribution in [0.3, 0.4) is 0 Å². The van der Waals surface area contributed by atoms with Crippen LogP contribution in [0.4, 0.5) is 4.39 Å². The van der Waals surface area contributed by atoms with Gasteiger partial charge in [0, 0.05) is 11.5 Å². The zero-order valence-electron chi connectivity index (χ0n) is 19.6. The van der Waals surface area contributed by atoms with Crippen molar-refractivity contribution >= 4 is 55.7 Å². The first kappa shape index (κ1) is 24.7. The van der Waals surface area contributed by atoms with Gasteiger partial charge in [0.15, 0.2) is 17.3 Å². The second-order valence-corrected chi connectivity index (χ2v) is 10.5. The van der Waals surface area contributed by atoms with E-state index in [9.17, 15) is 9.18 Å². The van der Waals surface area contributed by atoms with Crippen molar-refractivity contribution in [3.05, 3.63) is 63.4 Å². The molecule has 1 saturated carbocycles. The number of amides is 1. The lowest BCUT2D eigenvalue weighted by Gasteiger charge is -2.20. The first-order chi connectivity index (χ1) is 17.4. The van der Waals surface area contributed by atoms with Gasteiger partial charge in [-0.2, -0.15) is 15.1 Å². The zero-order valence-corrected chi connectivity index (χ0v) is 22.0. The molecule has 36 heavy (non-hydrogen) atoms. The number of hydrazone groups is 1. The van der Waals surface area contributed by atoms with E-state index in [1.807, 2.05) is 0 Å². The molecule has 0 bridgehead atoms. The minimum Gasteiger partial charge on any atom is -0.493 e. The number of hydrogen-bond donors (Lipinski definition) is 1. The van der Waals surface area contributed by atoms with Gasteiger partial charge in [-0.3, -0.25) is 10.2 Å². The summed E-state index contributed by atoms with van der Waals surface area (Å²) in [6.45, 7) is 0.0245. The number of fused-ring (bicyclic) bond motifs is 1.